The third-order valence-electron chi connectivity index (χ3n) is 2.47. The van der Waals surface area contributed by atoms with Crippen molar-refractivity contribution in [1.82, 2.24) is 4.31 Å². The van der Waals surface area contributed by atoms with Gasteiger partial charge in [-0.2, -0.15) is 0 Å². The molecule has 0 heterocycles. The molecular formula is C11H13BrF3NO2S. The lowest BCUT2D eigenvalue weighted by Crippen LogP contribution is -2.30. The predicted molar refractivity (Wildman–Crippen MR) is 69.1 cm³/mol. The van der Waals surface area contributed by atoms with Crippen molar-refractivity contribution in [3.05, 3.63) is 29.6 Å². The van der Waals surface area contributed by atoms with Crippen LogP contribution in [0.4, 0.5) is 13.2 Å². The molecule has 1 rings (SSSR count). The van der Waals surface area contributed by atoms with Crippen LogP contribution < -0.4 is 0 Å². The van der Waals surface area contributed by atoms with Gasteiger partial charge in [-0.3, -0.25) is 0 Å². The average Bonchev–Trinajstić information content (AvgIpc) is 2.23. The van der Waals surface area contributed by atoms with Crippen LogP contribution in [0, 0.1) is 17.5 Å². The molecule has 0 saturated carbocycles. The Labute approximate surface area is 118 Å². The molecular weight excluding hydrogens is 347 g/mol. The maximum absolute atomic E-state index is 13.5. The molecule has 0 bridgehead atoms. The van der Waals surface area contributed by atoms with Crippen LogP contribution in [-0.4, -0.2) is 31.1 Å². The van der Waals surface area contributed by atoms with E-state index >= 15 is 0 Å². The first-order valence-corrected chi connectivity index (χ1v) is 7.76. The number of benzene rings is 1. The quantitative estimate of drug-likeness (QED) is 0.758. The molecule has 1 aromatic rings. The van der Waals surface area contributed by atoms with E-state index in [-0.39, 0.29) is 11.4 Å². The molecule has 0 N–H and O–H groups in total. The maximum Gasteiger partial charge on any atom is 0.248 e. The van der Waals surface area contributed by atoms with Crippen molar-refractivity contribution >= 4 is 26.0 Å². The predicted octanol–water partition coefficient (Wildman–Crippen LogP) is 2.90. The normalized spacial score (nSPS) is 13.8. The third kappa shape index (κ3) is 3.93. The highest BCUT2D eigenvalue weighted by Gasteiger charge is 2.29. The van der Waals surface area contributed by atoms with Crippen molar-refractivity contribution in [3.63, 3.8) is 0 Å². The molecule has 0 radical (unpaired) electrons. The summed E-state index contributed by atoms with van der Waals surface area (Å²) in [6.07, 6.45) is 0.472. The minimum absolute atomic E-state index is 0.0630. The van der Waals surface area contributed by atoms with Crippen LogP contribution >= 0.6 is 15.9 Å². The van der Waals surface area contributed by atoms with Gasteiger partial charge in [0, 0.05) is 30.6 Å². The van der Waals surface area contributed by atoms with Gasteiger partial charge in [0.05, 0.1) is 0 Å². The number of sulfonamides is 1. The molecule has 0 fully saturated rings. The van der Waals surface area contributed by atoms with E-state index < -0.39 is 32.4 Å². The van der Waals surface area contributed by atoms with Gasteiger partial charge in [-0.25, -0.2) is 25.9 Å². The van der Waals surface area contributed by atoms with Crippen LogP contribution in [0.25, 0.3) is 0 Å². The number of rotatable bonds is 5. The second-order valence-electron chi connectivity index (χ2n) is 4.09. The molecule has 0 aromatic heterocycles. The van der Waals surface area contributed by atoms with Gasteiger partial charge < -0.3 is 0 Å². The van der Waals surface area contributed by atoms with Crippen LogP contribution in [0.2, 0.25) is 0 Å². The van der Waals surface area contributed by atoms with Gasteiger partial charge in [0.15, 0.2) is 4.90 Å². The fraction of sp³-hybridized carbons (Fsp3) is 0.455. The molecule has 8 heteroatoms. The topological polar surface area (TPSA) is 37.4 Å². The van der Waals surface area contributed by atoms with E-state index in [0.29, 0.717) is 18.6 Å². The lowest BCUT2D eigenvalue weighted by molar-refractivity contribution is 0.441. The van der Waals surface area contributed by atoms with Crippen molar-refractivity contribution in [2.45, 2.75) is 23.1 Å². The Balaban J connectivity index is 3.14. The Hall–Kier alpha value is -0.600. The molecule has 0 saturated heterocycles. The van der Waals surface area contributed by atoms with E-state index in [4.69, 9.17) is 0 Å². The molecule has 108 valence electrons. The molecule has 1 atom stereocenters. The van der Waals surface area contributed by atoms with Gasteiger partial charge in [-0.15, -0.1) is 0 Å². The number of hydrogen-bond acceptors (Lipinski definition) is 2. The van der Waals surface area contributed by atoms with Gasteiger partial charge in [-0.05, 0) is 6.42 Å². The zero-order chi connectivity index (χ0) is 14.8. The summed E-state index contributed by atoms with van der Waals surface area (Å²) in [5, 5.41) is 0. The zero-order valence-corrected chi connectivity index (χ0v) is 12.7. The van der Waals surface area contributed by atoms with Crippen molar-refractivity contribution in [2.75, 3.05) is 13.6 Å². The van der Waals surface area contributed by atoms with Crippen LogP contribution in [0.15, 0.2) is 17.0 Å². The second-order valence-corrected chi connectivity index (χ2v) is 7.64. The highest BCUT2D eigenvalue weighted by Crippen LogP contribution is 2.23. The molecule has 0 aliphatic heterocycles. The summed E-state index contributed by atoms with van der Waals surface area (Å²) < 4.78 is 64.5. The molecule has 3 nitrogen and oxygen atoms in total. The summed E-state index contributed by atoms with van der Waals surface area (Å²) in [5.41, 5.74) is 0. The van der Waals surface area contributed by atoms with Gasteiger partial charge >= 0.3 is 0 Å². The molecule has 19 heavy (non-hydrogen) atoms. The summed E-state index contributed by atoms with van der Waals surface area (Å²) >= 11 is 3.25. The third-order valence-corrected chi connectivity index (χ3v) is 4.84. The molecule has 0 aliphatic rings. The van der Waals surface area contributed by atoms with Crippen molar-refractivity contribution in [3.8, 4) is 0 Å². The van der Waals surface area contributed by atoms with Crippen LogP contribution in [0.1, 0.15) is 13.3 Å². The van der Waals surface area contributed by atoms with Gasteiger partial charge in [0.1, 0.15) is 17.5 Å². The largest absolute Gasteiger partial charge is 0.248 e. The summed E-state index contributed by atoms with van der Waals surface area (Å²) in [4.78, 5) is -1.06. The Bertz CT molecular complexity index is 540. The minimum atomic E-state index is -4.32. The minimum Gasteiger partial charge on any atom is -0.207 e. The standard InChI is InChI=1S/C11H13BrF3NO2S/c1-7(12)3-4-16(2)19(17,18)11-9(14)5-8(13)6-10(11)15/h5-7H,3-4H2,1-2H3. The first-order valence-electron chi connectivity index (χ1n) is 5.41. The summed E-state index contributed by atoms with van der Waals surface area (Å²) in [7, 11) is -3.10. The first kappa shape index (κ1) is 16.5. The SMILES string of the molecule is CC(Br)CCN(C)S(=O)(=O)c1c(F)cc(F)cc1F. The molecule has 0 spiro atoms. The van der Waals surface area contributed by atoms with Gasteiger partial charge in [-0.1, -0.05) is 22.9 Å². The van der Waals surface area contributed by atoms with Crippen molar-refractivity contribution in [2.24, 2.45) is 0 Å². The maximum atomic E-state index is 13.5. The lowest BCUT2D eigenvalue weighted by atomic mass is 10.3. The smallest absolute Gasteiger partial charge is 0.207 e. The molecule has 0 aliphatic carbocycles. The zero-order valence-electron chi connectivity index (χ0n) is 10.3. The van der Waals surface area contributed by atoms with Crippen molar-refractivity contribution in [1.29, 1.82) is 0 Å². The monoisotopic (exact) mass is 359 g/mol. The average molecular weight is 360 g/mol. The van der Waals surface area contributed by atoms with E-state index in [2.05, 4.69) is 15.9 Å². The van der Waals surface area contributed by atoms with Gasteiger partial charge in [0.2, 0.25) is 10.0 Å². The number of hydrogen-bond donors (Lipinski definition) is 0. The van der Waals surface area contributed by atoms with E-state index in [0.717, 1.165) is 4.31 Å². The van der Waals surface area contributed by atoms with Crippen LogP contribution in [-0.2, 0) is 10.0 Å². The summed E-state index contributed by atoms with van der Waals surface area (Å²) in [5.74, 6) is -4.03. The fourth-order valence-electron chi connectivity index (χ4n) is 1.41. The summed E-state index contributed by atoms with van der Waals surface area (Å²) in [6.45, 7) is 1.91. The molecule has 1 aromatic carbocycles. The van der Waals surface area contributed by atoms with E-state index in [1.165, 1.54) is 7.05 Å². The Morgan fingerprint density at radius 1 is 1.26 bits per heavy atom. The fourth-order valence-corrected chi connectivity index (χ4v) is 2.88. The Morgan fingerprint density at radius 2 is 1.74 bits per heavy atom. The Morgan fingerprint density at radius 3 is 2.16 bits per heavy atom. The highest BCUT2D eigenvalue weighted by atomic mass is 79.9. The van der Waals surface area contributed by atoms with Gasteiger partial charge in [0.25, 0.3) is 0 Å². The number of halogens is 4. The number of nitrogens with zero attached hydrogens (tertiary/aromatic N) is 1. The van der Waals surface area contributed by atoms with E-state index in [9.17, 15) is 21.6 Å². The lowest BCUT2D eigenvalue weighted by Gasteiger charge is -2.18. The van der Waals surface area contributed by atoms with Crippen LogP contribution in [0.5, 0.6) is 0 Å². The first-order chi connectivity index (χ1) is 8.66. The molecule has 0 amide bonds. The highest BCUT2D eigenvalue weighted by molar-refractivity contribution is 9.09. The Kier molecular flexibility index (Phi) is 5.40. The van der Waals surface area contributed by atoms with Crippen molar-refractivity contribution < 1.29 is 21.6 Å². The van der Waals surface area contributed by atoms with E-state index in [1.807, 2.05) is 6.92 Å². The summed E-state index contributed by atoms with van der Waals surface area (Å²) in [6, 6.07) is 0.688. The van der Waals surface area contributed by atoms with E-state index in [1.54, 1.807) is 0 Å². The molecule has 1 unspecified atom stereocenters. The second kappa shape index (κ2) is 6.23. The number of alkyl halides is 1. The van der Waals surface area contributed by atoms with Crippen LogP contribution in [0.3, 0.4) is 0 Å².